The van der Waals surface area contributed by atoms with E-state index in [2.05, 4.69) is 10.3 Å². The summed E-state index contributed by atoms with van der Waals surface area (Å²) in [6.07, 6.45) is 3.80. The van der Waals surface area contributed by atoms with E-state index in [0.29, 0.717) is 37.9 Å². The fraction of sp³-hybridized carbons (Fsp3) is 0.407. The van der Waals surface area contributed by atoms with Crippen molar-refractivity contribution in [1.29, 1.82) is 0 Å². The molecule has 1 unspecified atom stereocenters. The van der Waals surface area contributed by atoms with Crippen molar-refractivity contribution in [2.45, 2.75) is 45.2 Å². The molecule has 0 aliphatic carbocycles. The van der Waals surface area contributed by atoms with Crippen molar-refractivity contribution >= 4 is 22.8 Å². The van der Waals surface area contributed by atoms with Crippen LogP contribution in [-0.4, -0.2) is 64.2 Å². The maximum absolute atomic E-state index is 13.6. The van der Waals surface area contributed by atoms with Gasteiger partial charge in [0.15, 0.2) is 5.75 Å². The molecule has 4 rings (SSSR count). The third-order valence-electron chi connectivity index (χ3n) is 6.64. The minimum absolute atomic E-state index is 0.0228. The van der Waals surface area contributed by atoms with Crippen LogP contribution in [0.3, 0.4) is 0 Å². The van der Waals surface area contributed by atoms with Gasteiger partial charge >= 0.3 is 0 Å². The van der Waals surface area contributed by atoms with Crippen molar-refractivity contribution in [3.05, 3.63) is 69.4 Å². The van der Waals surface area contributed by atoms with Gasteiger partial charge < -0.3 is 24.6 Å². The first-order valence-corrected chi connectivity index (χ1v) is 12.4. The summed E-state index contributed by atoms with van der Waals surface area (Å²) in [4.78, 5) is 45.0. The van der Waals surface area contributed by atoms with Crippen molar-refractivity contribution < 1.29 is 23.8 Å². The Morgan fingerprint density at radius 3 is 2.62 bits per heavy atom. The Labute approximate surface area is 213 Å². The Hall–Kier alpha value is -3.79. The summed E-state index contributed by atoms with van der Waals surface area (Å²) < 4.78 is 19.8. The van der Waals surface area contributed by atoms with Crippen molar-refractivity contribution in [3.8, 4) is 5.75 Å². The van der Waals surface area contributed by atoms with Gasteiger partial charge in [-0.05, 0) is 48.6 Å². The summed E-state index contributed by atoms with van der Waals surface area (Å²) in [5, 5.41) is 13.7. The number of fused-ring (bicyclic) bond motifs is 1. The third-order valence-corrected chi connectivity index (χ3v) is 6.64. The van der Waals surface area contributed by atoms with E-state index in [1.807, 2.05) is 6.92 Å². The van der Waals surface area contributed by atoms with E-state index in [4.69, 9.17) is 4.74 Å². The molecule has 1 saturated heterocycles. The SMILES string of the molecule is CCC(COC)NC(=O)c1c(O)c2ncc(Cc3ccc(F)cc3)cc2n(CCN2CCCC2=O)c1=O. The second kappa shape index (κ2) is 11.5. The normalized spacial score (nSPS) is 14.4. The van der Waals surface area contributed by atoms with Crippen molar-refractivity contribution in [2.24, 2.45) is 0 Å². The number of aromatic hydroxyl groups is 1. The zero-order valence-corrected chi connectivity index (χ0v) is 21.0. The summed E-state index contributed by atoms with van der Waals surface area (Å²) in [6, 6.07) is 7.48. The van der Waals surface area contributed by atoms with Crippen molar-refractivity contribution in [3.63, 3.8) is 0 Å². The maximum Gasteiger partial charge on any atom is 0.267 e. The molecule has 9 nitrogen and oxygen atoms in total. The highest BCUT2D eigenvalue weighted by molar-refractivity contribution is 6.01. The molecule has 37 heavy (non-hydrogen) atoms. The highest BCUT2D eigenvalue weighted by Gasteiger charge is 2.26. The molecule has 1 aliphatic rings. The van der Waals surface area contributed by atoms with Crippen LogP contribution in [0.15, 0.2) is 41.3 Å². The van der Waals surface area contributed by atoms with Crippen LogP contribution in [-0.2, 0) is 22.5 Å². The maximum atomic E-state index is 13.6. The van der Waals surface area contributed by atoms with E-state index < -0.39 is 22.8 Å². The number of aromatic nitrogens is 2. The van der Waals surface area contributed by atoms with E-state index in [1.54, 1.807) is 29.3 Å². The Morgan fingerprint density at radius 2 is 1.97 bits per heavy atom. The average molecular weight is 511 g/mol. The molecule has 0 spiro atoms. The van der Waals surface area contributed by atoms with Crippen LogP contribution in [0.2, 0.25) is 0 Å². The number of halogens is 1. The van der Waals surface area contributed by atoms with E-state index >= 15 is 0 Å². The quantitative estimate of drug-likeness (QED) is 0.434. The van der Waals surface area contributed by atoms with Gasteiger partial charge in [-0.15, -0.1) is 0 Å². The number of hydrogen-bond donors (Lipinski definition) is 2. The van der Waals surface area contributed by atoms with E-state index in [1.165, 1.54) is 23.8 Å². The Balaban J connectivity index is 1.76. The minimum atomic E-state index is -0.712. The largest absolute Gasteiger partial charge is 0.505 e. The van der Waals surface area contributed by atoms with Crippen LogP contribution < -0.4 is 10.9 Å². The predicted octanol–water partition coefficient (Wildman–Crippen LogP) is 2.61. The standard InChI is InChI=1S/C27H31FN4O5/c1-3-20(16-37-2)30-26(35)23-25(34)24-21(32(27(23)36)12-11-31-10-4-5-22(31)33)14-18(15-29-24)13-17-6-8-19(28)9-7-17/h6-9,14-15,20,34H,3-5,10-13,16H2,1-2H3,(H,30,35). The Kier molecular flexibility index (Phi) is 8.17. The molecule has 2 aromatic heterocycles. The molecule has 0 bridgehead atoms. The Morgan fingerprint density at radius 1 is 1.22 bits per heavy atom. The number of nitrogens with one attached hydrogen (secondary N) is 1. The second-order valence-electron chi connectivity index (χ2n) is 9.21. The Bertz CT molecular complexity index is 1360. The molecule has 10 heteroatoms. The van der Waals surface area contributed by atoms with Crippen LogP contribution in [0.5, 0.6) is 5.75 Å². The van der Waals surface area contributed by atoms with Crippen LogP contribution >= 0.6 is 0 Å². The van der Waals surface area contributed by atoms with E-state index in [0.717, 1.165) is 17.5 Å². The minimum Gasteiger partial charge on any atom is -0.505 e. The lowest BCUT2D eigenvalue weighted by atomic mass is 10.0. The summed E-state index contributed by atoms with van der Waals surface area (Å²) in [5.74, 6) is -1.52. The van der Waals surface area contributed by atoms with Gasteiger partial charge in [-0.2, -0.15) is 0 Å². The van der Waals surface area contributed by atoms with Crippen LogP contribution in [0.25, 0.3) is 11.0 Å². The lowest BCUT2D eigenvalue weighted by molar-refractivity contribution is -0.127. The first-order chi connectivity index (χ1) is 17.8. The molecule has 0 saturated carbocycles. The van der Waals surface area contributed by atoms with E-state index in [-0.39, 0.29) is 36.4 Å². The molecule has 3 heterocycles. The molecule has 1 fully saturated rings. The number of pyridine rings is 2. The lowest BCUT2D eigenvalue weighted by Gasteiger charge is -2.20. The van der Waals surface area contributed by atoms with E-state index in [9.17, 15) is 23.9 Å². The topological polar surface area (TPSA) is 114 Å². The first kappa shape index (κ1) is 26.3. The summed E-state index contributed by atoms with van der Waals surface area (Å²) in [5.41, 5.74) is 1.00. The molecule has 3 aromatic rings. The number of hydrogen-bond acceptors (Lipinski definition) is 6. The van der Waals surface area contributed by atoms with Crippen LogP contribution in [0, 0.1) is 5.82 Å². The molecule has 1 aliphatic heterocycles. The van der Waals surface area contributed by atoms with Gasteiger partial charge in [-0.3, -0.25) is 19.4 Å². The third kappa shape index (κ3) is 5.80. The monoisotopic (exact) mass is 510 g/mol. The van der Waals surface area contributed by atoms with Gasteiger partial charge in [-0.1, -0.05) is 19.1 Å². The highest BCUT2D eigenvalue weighted by Crippen LogP contribution is 2.26. The number of amides is 2. The van der Waals surface area contributed by atoms with Gasteiger partial charge in [0.2, 0.25) is 5.91 Å². The predicted molar refractivity (Wildman–Crippen MR) is 136 cm³/mol. The molecule has 1 atom stereocenters. The van der Waals surface area contributed by atoms with Gasteiger partial charge in [0.05, 0.1) is 18.2 Å². The molecule has 2 N–H and O–H groups in total. The smallest absolute Gasteiger partial charge is 0.267 e. The number of carbonyl (C=O) groups excluding carboxylic acids is 2. The highest BCUT2D eigenvalue weighted by atomic mass is 19.1. The molecular weight excluding hydrogens is 479 g/mol. The van der Waals surface area contributed by atoms with Gasteiger partial charge in [-0.25, -0.2) is 4.39 Å². The van der Waals surface area contributed by atoms with Gasteiger partial charge in [0, 0.05) is 39.4 Å². The zero-order chi connectivity index (χ0) is 26.5. The first-order valence-electron chi connectivity index (χ1n) is 12.4. The molecule has 0 radical (unpaired) electrons. The van der Waals surface area contributed by atoms with Gasteiger partial charge in [0.25, 0.3) is 11.5 Å². The number of nitrogens with zero attached hydrogens (tertiary/aromatic N) is 3. The number of rotatable bonds is 10. The van der Waals surface area contributed by atoms with Gasteiger partial charge in [0.1, 0.15) is 16.9 Å². The molecule has 2 amide bonds. The summed E-state index contributed by atoms with van der Waals surface area (Å²) in [6.45, 7) is 3.18. The summed E-state index contributed by atoms with van der Waals surface area (Å²) in [7, 11) is 1.52. The molecule has 1 aromatic carbocycles. The molecular formula is C27H31FN4O5. The van der Waals surface area contributed by atoms with Crippen molar-refractivity contribution in [2.75, 3.05) is 26.8 Å². The lowest BCUT2D eigenvalue weighted by Crippen LogP contribution is -2.41. The fourth-order valence-electron chi connectivity index (χ4n) is 4.59. The van der Waals surface area contributed by atoms with Crippen molar-refractivity contribution in [1.82, 2.24) is 19.8 Å². The second-order valence-corrected chi connectivity index (χ2v) is 9.21. The average Bonchev–Trinajstić information content (AvgIpc) is 3.29. The van der Waals surface area contributed by atoms with Crippen LogP contribution in [0.1, 0.15) is 47.7 Å². The number of carbonyl (C=O) groups is 2. The fourth-order valence-corrected chi connectivity index (χ4v) is 4.59. The number of likely N-dealkylation sites (tertiary alicyclic amines) is 1. The summed E-state index contributed by atoms with van der Waals surface area (Å²) >= 11 is 0. The number of ether oxygens (including phenoxy) is 1. The zero-order valence-electron chi connectivity index (χ0n) is 21.0. The number of benzene rings is 1. The number of methoxy groups -OCH3 is 1. The van der Waals surface area contributed by atoms with Crippen LogP contribution in [0.4, 0.5) is 4.39 Å². The molecule has 196 valence electrons.